The molecule has 2 atom stereocenters. The van der Waals surface area contributed by atoms with Crippen molar-refractivity contribution in [1.29, 1.82) is 0 Å². The number of anilines is 1. The first-order chi connectivity index (χ1) is 11.5. The van der Waals surface area contributed by atoms with Crippen LogP contribution < -0.4 is 10.6 Å². The predicted octanol–water partition coefficient (Wildman–Crippen LogP) is 2.52. The van der Waals surface area contributed by atoms with Crippen LogP contribution in [0.1, 0.15) is 45.1 Å². The van der Waals surface area contributed by atoms with Gasteiger partial charge in [-0.15, -0.1) is 0 Å². The Morgan fingerprint density at radius 2 is 1.92 bits per heavy atom. The van der Waals surface area contributed by atoms with Crippen LogP contribution >= 0.6 is 0 Å². The number of amides is 2. The summed E-state index contributed by atoms with van der Waals surface area (Å²) >= 11 is 0. The molecule has 0 bridgehead atoms. The molecule has 1 heterocycles. The summed E-state index contributed by atoms with van der Waals surface area (Å²) in [6.07, 6.45) is 4.01. The maximum absolute atomic E-state index is 12.4. The summed E-state index contributed by atoms with van der Waals surface area (Å²) in [5, 5.41) is 6.39. The Balaban J connectivity index is 1.56. The number of piperidine rings is 1. The molecule has 2 aliphatic rings. The maximum Gasteiger partial charge on any atom is 0.227 e. The first kappa shape index (κ1) is 17.0. The van der Waals surface area contributed by atoms with Crippen LogP contribution in [-0.4, -0.2) is 35.3 Å². The lowest BCUT2D eigenvalue weighted by Crippen LogP contribution is -2.40. The van der Waals surface area contributed by atoms with E-state index in [1.54, 1.807) is 6.92 Å². The second-order valence-electron chi connectivity index (χ2n) is 7.14. The molecule has 1 saturated heterocycles. The Hall–Kier alpha value is -1.88. The smallest absolute Gasteiger partial charge is 0.227 e. The van der Waals surface area contributed by atoms with Crippen molar-refractivity contribution in [2.45, 2.75) is 58.2 Å². The summed E-state index contributed by atoms with van der Waals surface area (Å²) in [5.41, 5.74) is 1.93. The van der Waals surface area contributed by atoms with Crippen molar-refractivity contribution < 1.29 is 9.59 Å². The second kappa shape index (κ2) is 7.34. The normalized spacial score (nSPS) is 23.6. The second-order valence-corrected chi connectivity index (χ2v) is 7.14. The molecule has 1 aliphatic carbocycles. The third kappa shape index (κ3) is 4.35. The third-order valence-electron chi connectivity index (χ3n) is 4.96. The molecule has 0 radical (unpaired) electrons. The van der Waals surface area contributed by atoms with E-state index in [0.717, 1.165) is 43.5 Å². The van der Waals surface area contributed by atoms with E-state index in [0.29, 0.717) is 18.6 Å². The zero-order valence-corrected chi connectivity index (χ0v) is 14.5. The van der Waals surface area contributed by atoms with E-state index >= 15 is 0 Å². The number of nitrogens with one attached hydrogen (secondary N) is 2. The zero-order chi connectivity index (χ0) is 17.1. The van der Waals surface area contributed by atoms with E-state index in [1.165, 1.54) is 0 Å². The number of carbonyl (C=O) groups excluding carboxylic acids is 2. The van der Waals surface area contributed by atoms with Crippen LogP contribution in [0.4, 0.5) is 5.69 Å². The predicted molar refractivity (Wildman–Crippen MR) is 94.5 cm³/mol. The average Bonchev–Trinajstić information content (AvgIpc) is 3.38. The molecule has 0 aromatic heterocycles. The standard InChI is InChI=1S/C19H27N3O2/c1-13-11-16(9-10-20-13)19(24)21-17-5-3-15(4-6-17)12-22(14(2)23)18-7-8-18/h3-6,13,16,18,20H,7-12H2,1-2H3,(H,21,24)/t13-,16-/m0/s1. The molecule has 1 aromatic carbocycles. The van der Waals surface area contributed by atoms with Gasteiger partial charge in [0.05, 0.1) is 0 Å². The average molecular weight is 329 g/mol. The molecule has 2 N–H and O–H groups in total. The molecule has 2 fully saturated rings. The minimum atomic E-state index is 0.0870. The van der Waals surface area contributed by atoms with Crippen LogP contribution in [0.2, 0.25) is 0 Å². The highest BCUT2D eigenvalue weighted by Crippen LogP contribution is 2.28. The Kier molecular flexibility index (Phi) is 5.19. The molecule has 1 aromatic rings. The first-order valence-electron chi connectivity index (χ1n) is 8.93. The highest BCUT2D eigenvalue weighted by Gasteiger charge is 2.30. The SMILES string of the molecule is CC(=O)N(Cc1ccc(NC(=O)[C@H]2CCN[C@@H](C)C2)cc1)C1CC1. The van der Waals surface area contributed by atoms with Gasteiger partial charge in [-0.25, -0.2) is 0 Å². The van der Waals surface area contributed by atoms with Gasteiger partial charge < -0.3 is 15.5 Å². The number of hydrogen-bond donors (Lipinski definition) is 2. The molecule has 0 spiro atoms. The lowest BCUT2D eigenvalue weighted by molar-refractivity contribution is -0.130. The topological polar surface area (TPSA) is 61.4 Å². The quantitative estimate of drug-likeness (QED) is 0.872. The van der Waals surface area contributed by atoms with E-state index in [9.17, 15) is 9.59 Å². The monoisotopic (exact) mass is 329 g/mol. The minimum absolute atomic E-state index is 0.0870. The first-order valence-corrected chi connectivity index (χ1v) is 8.93. The molecule has 0 unspecified atom stereocenters. The van der Waals surface area contributed by atoms with Crippen molar-refractivity contribution in [3.63, 3.8) is 0 Å². The fourth-order valence-electron chi connectivity index (χ4n) is 3.39. The molecule has 24 heavy (non-hydrogen) atoms. The lowest BCUT2D eigenvalue weighted by atomic mass is 9.92. The fraction of sp³-hybridized carbons (Fsp3) is 0.579. The van der Waals surface area contributed by atoms with Crippen molar-refractivity contribution >= 4 is 17.5 Å². The molecule has 1 aliphatic heterocycles. The van der Waals surface area contributed by atoms with Gasteiger partial charge in [-0.2, -0.15) is 0 Å². The van der Waals surface area contributed by atoms with E-state index in [4.69, 9.17) is 0 Å². The fourth-order valence-corrected chi connectivity index (χ4v) is 3.39. The molecular formula is C19H27N3O2. The largest absolute Gasteiger partial charge is 0.336 e. The molecule has 5 nitrogen and oxygen atoms in total. The minimum Gasteiger partial charge on any atom is -0.336 e. The number of rotatable bonds is 5. The number of hydrogen-bond acceptors (Lipinski definition) is 3. The van der Waals surface area contributed by atoms with Crippen LogP contribution in [0, 0.1) is 5.92 Å². The van der Waals surface area contributed by atoms with Crippen LogP contribution in [0.3, 0.4) is 0 Å². The molecule has 3 rings (SSSR count). The van der Waals surface area contributed by atoms with Gasteiger partial charge in [0.2, 0.25) is 11.8 Å². The Bertz CT molecular complexity index is 595. The van der Waals surface area contributed by atoms with Gasteiger partial charge in [-0.1, -0.05) is 12.1 Å². The van der Waals surface area contributed by atoms with Gasteiger partial charge in [0, 0.05) is 37.2 Å². The summed E-state index contributed by atoms with van der Waals surface area (Å²) in [5.74, 6) is 0.332. The van der Waals surface area contributed by atoms with Gasteiger partial charge in [-0.05, 0) is 56.8 Å². The van der Waals surface area contributed by atoms with Gasteiger partial charge >= 0.3 is 0 Å². The lowest BCUT2D eigenvalue weighted by Gasteiger charge is -2.27. The highest BCUT2D eigenvalue weighted by atomic mass is 16.2. The van der Waals surface area contributed by atoms with Crippen molar-refractivity contribution in [2.75, 3.05) is 11.9 Å². The highest BCUT2D eigenvalue weighted by molar-refractivity contribution is 5.92. The van der Waals surface area contributed by atoms with Crippen LogP contribution in [0.15, 0.2) is 24.3 Å². The van der Waals surface area contributed by atoms with E-state index < -0.39 is 0 Å². The molecule has 130 valence electrons. The van der Waals surface area contributed by atoms with Crippen molar-refractivity contribution in [3.05, 3.63) is 29.8 Å². The Labute approximate surface area is 143 Å². The van der Waals surface area contributed by atoms with Crippen molar-refractivity contribution in [2.24, 2.45) is 5.92 Å². The molecule has 2 amide bonds. The van der Waals surface area contributed by atoms with Gasteiger partial charge in [0.15, 0.2) is 0 Å². The summed E-state index contributed by atoms with van der Waals surface area (Å²) in [6, 6.07) is 8.68. The van der Waals surface area contributed by atoms with E-state index in [-0.39, 0.29) is 17.7 Å². The van der Waals surface area contributed by atoms with Crippen molar-refractivity contribution in [1.82, 2.24) is 10.2 Å². The molecular weight excluding hydrogens is 302 g/mol. The van der Waals surface area contributed by atoms with Crippen LogP contribution in [-0.2, 0) is 16.1 Å². The molecule has 1 saturated carbocycles. The zero-order valence-electron chi connectivity index (χ0n) is 14.5. The summed E-state index contributed by atoms with van der Waals surface area (Å²) in [4.78, 5) is 26.0. The van der Waals surface area contributed by atoms with E-state index in [2.05, 4.69) is 17.6 Å². The Morgan fingerprint density at radius 1 is 1.21 bits per heavy atom. The third-order valence-corrected chi connectivity index (χ3v) is 4.96. The summed E-state index contributed by atoms with van der Waals surface area (Å²) < 4.78 is 0. The summed E-state index contributed by atoms with van der Waals surface area (Å²) in [6.45, 7) is 5.31. The number of nitrogens with zero attached hydrogens (tertiary/aromatic N) is 1. The summed E-state index contributed by atoms with van der Waals surface area (Å²) in [7, 11) is 0. The van der Waals surface area contributed by atoms with E-state index in [1.807, 2.05) is 29.2 Å². The number of carbonyl (C=O) groups is 2. The van der Waals surface area contributed by atoms with Crippen LogP contribution in [0.25, 0.3) is 0 Å². The maximum atomic E-state index is 12.4. The van der Waals surface area contributed by atoms with Gasteiger partial charge in [-0.3, -0.25) is 9.59 Å². The van der Waals surface area contributed by atoms with Crippen LogP contribution in [0.5, 0.6) is 0 Å². The van der Waals surface area contributed by atoms with Gasteiger partial charge in [0.1, 0.15) is 0 Å². The van der Waals surface area contributed by atoms with Gasteiger partial charge in [0.25, 0.3) is 0 Å². The molecule has 5 heteroatoms. The number of benzene rings is 1. The van der Waals surface area contributed by atoms with Crippen molar-refractivity contribution in [3.8, 4) is 0 Å². The Morgan fingerprint density at radius 3 is 2.50 bits per heavy atom.